The van der Waals surface area contributed by atoms with Gasteiger partial charge in [0, 0.05) is 30.0 Å². The van der Waals surface area contributed by atoms with Crippen molar-refractivity contribution in [1.29, 1.82) is 0 Å². The molecule has 4 heteroatoms. The van der Waals surface area contributed by atoms with Gasteiger partial charge in [-0.25, -0.2) is 0 Å². The van der Waals surface area contributed by atoms with Crippen LogP contribution >= 0.6 is 0 Å². The number of H-pyrrole nitrogens is 1. The molecule has 0 fully saturated rings. The van der Waals surface area contributed by atoms with Gasteiger partial charge in [-0.2, -0.15) is 5.10 Å². The van der Waals surface area contributed by atoms with Crippen LogP contribution in [0.2, 0.25) is 0 Å². The minimum Gasteiger partial charge on any atom is -0.381 e. The van der Waals surface area contributed by atoms with Crippen LogP contribution < -0.4 is 5.32 Å². The Labute approximate surface area is 127 Å². The van der Waals surface area contributed by atoms with Crippen LogP contribution in [0.3, 0.4) is 0 Å². The molecule has 0 bridgehead atoms. The average molecular weight is 286 g/mol. The van der Waals surface area contributed by atoms with Gasteiger partial charge in [-0.1, -0.05) is 32.0 Å². The van der Waals surface area contributed by atoms with Crippen LogP contribution in [-0.4, -0.2) is 28.2 Å². The van der Waals surface area contributed by atoms with Crippen molar-refractivity contribution in [3.05, 3.63) is 46.8 Å². The summed E-state index contributed by atoms with van der Waals surface area (Å²) >= 11 is 0. The number of nitrogens with one attached hydrogen (secondary N) is 2. The summed E-state index contributed by atoms with van der Waals surface area (Å²) in [6, 6.07) is 8.56. The number of hydrogen-bond acceptors (Lipinski definition) is 3. The normalized spacial score (nSPS) is 11.1. The lowest BCUT2D eigenvalue weighted by atomic mass is 10.1. The van der Waals surface area contributed by atoms with E-state index in [1.54, 1.807) is 0 Å². The van der Waals surface area contributed by atoms with Crippen LogP contribution in [-0.2, 0) is 13.1 Å². The molecule has 0 aliphatic rings. The Kier molecular flexibility index (Phi) is 5.39. The van der Waals surface area contributed by atoms with E-state index >= 15 is 0 Å². The highest BCUT2D eigenvalue weighted by atomic mass is 15.1. The van der Waals surface area contributed by atoms with Crippen molar-refractivity contribution in [3.63, 3.8) is 0 Å². The van der Waals surface area contributed by atoms with Crippen LogP contribution in [0.1, 0.15) is 36.4 Å². The van der Waals surface area contributed by atoms with Crippen molar-refractivity contribution in [2.75, 3.05) is 18.4 Å². The molecule has 0 saturated carbocycles. The van der Waals surface area contributed by atoms with E-state index < -0.39 is 0 Å². The van der Waals surface area contributed by atoms with Crippen molar-refractivity contribution in [2.24, 2.45) is 0 Å². The van der Waals surface area contributed by atoms with Gasteiger partial charge in [-0.05, 0) is 38.6 Å². The number of benzene rings is 1. The fourth-order valence-electron chi connectivity index (χ4n) is 2.54. The third-order valence-electron chi connectivity index (χ3n) is 4.04. The van der Waals surface area contributed by atoms with Gasteiger partial charge in [-0.3, -0.25) is 10.00 Å². The molecule has 0 radical (unpaired) electrons. The standard InChI is InChI=1S/C17H26N4/c1-5-21(6-2)12-15-9-7-8-10-17(15)18-11-16-13(3)19-20-14(16)4/h7-10,18H,5-6,11-12H2,1-4H3,(H,19,20). The number of para-hydroxylation sites is 1. The average Bonchev–Trinajstić information content (AvgIpc) is 2.82. The molecule has 2 rings (SSSR count). The van der Waals surface area contributed by atoms with E-state index in [2.05, 4.69) is 65.5 Å². The van der Waals surface area contributed by atoms with E-state index in [9.17, 15) is 0 Å². The number of anilines is 1. The minimum atomic E-state index is 0.809. The summed E-state index contributed by atoms with van der Waals surface area (Å²) in [6.45, 7) is 12.5. The van der Waals surface area contributed by atoms with E-state index in [-0.39, 0.29) is 0 Å². The van der Waals surface area contributed by atoms with Crippen LogP contribution in [0, 0.1) is 13.8 Å². The summed E-state index contributed by atoms with van der Waals surface area (Å²) in [7, 11) is 0. The lowest BCUT2D eigenvalue weighted by Crippen LogP contribution is -2.22. The zero-order valence-electron chi connectivity index (χ0n) is 13.5. The van der Waals surface area contributed by atoms with Gasteiger partial charge in [0.05, 0.1) is 5.69 Å². The summed E-state index contributed by atoms with van der Waals surface area (Å²) in [5, 5.41) is 10.9. The molecule has 21 heavy (non-hydrogen) atoms. The van der Waals surface area contributed by atoms with Gasteiger partial charge in [0.15, 0.2) is 0 Å². The Morgan fingerprint density at radius 2 is 1.86 bits per heavy atom. The van der Waals surface area contributed by atoms with Crippen molar-refractivity contribution in [3.8, 4) is 0 Å². The van der Waals surface area contributed by atoms with Gasteiger partial charge in [-0.15, -0.1) is 0 Å². The number of rotatable bonds is 7. The lowest BCUT2D eigenvalue weighted by Gasteiger charge is -2.20. The molecule has 0 amide bonds. The second-order valence-corrected chi connectivity index (χ2v) is 5.38. The molecule has 4 nitrogen and oxygen atoms in total. The summed E-state index contributed by atoms with van der Waals surface area (Å²) in [5.74, 6) is 0. The first-order valence-corrected chi connectivity index (χ1v) is 7.70. The molecule has 0 unspecified atom stereocenters. The minimum absolute atomic E-state index is 0.809. The number of hydrogen-bond donors (Lipinski definition) is 2. The van der Waals surface area contributed by atoms with E-state index in [1.807, 2.05) is 6.92 Å². The molecule has 2 N–H and O–H groups in total. The third kappa shape index (κ3) is 3.85. The van der Waals surface area contributed by atoms with Gasteiger partial charge >= 0.3 is 0 Å². The highest BCUT2D eigenvalue weighted by Crippen LogP contribution is 2.19. The predicted molar refractivity (Wildman–Crippen MR) is 88.5 cm³/mol. The van der Waals surface area contributed by atoms with Gasteiger partial charge in [0.1, 0.15) is 0 Å². The Balaban J connectivity index is 2.10. The van der Waals surface area contributed by atoms with Gasteiger partial charge in [0.2, 0.25) is 0 Å². The van der Waals surface area contributed by atoms with E-state index in [4.69, 9.17) is 0 Å². The van der Waals surface area contributed by atoms with E-state index in [1.165, 1.54) is 16.8 Å². The first kappa shape index (κ1) is 15.6. The van der Waals surface area contributed by atoms with Crippen molar-refractivity contribution >= 4 is 5.69 Å². The molecule has 0 aliphatic heterocycles. The van der Waals surface area contributed by atoms with Crippen LogP contribution in [0.15, 0.2) is 24.3 Å². The number of aryl methyl sites for hydroxylation is 2. The van der Waals surface area contributed by atoms with Crippen molar-refractivity contribution in [2.45, 2.75) is 40.8 Å². The number of nitrogens with zero attached hydrogens (tertiary/aromatic N) is 2. The maximum absolute atomic E-state index is 4.25. The largest absolute Gasteiger partial charge is 0.381 e. The van der Waals surface area contributed by atoms with Crippen LogP contribution in [0.5, 0.6) is 0 Å². The highest BCUT2D eigenvalue weighted by molar-refractivity contribution is 5.51. The maximum Gasteiger partial charge on any atom is 0.0643 e. The quantitative estimate of drug-likeness (QED) is 0.819. The summed E-state index contributed by atoms with van der Waals surface area (Å²) < 4.78 is 0. The topological polar surface area (TPSA) is 44.0 Å². The summed E-state index contributed by atoms with van der Waals surface area (Å²) in [4.78, 5) is 2.43. The monoisotopic (exact) mass is 286 g/mol. The molecule has 2 aromatic rings. The van der Waals surface area contributed by atoms with E-state index in [0.717, 1.165) is 37.6 Å². The maximum atomic E-state index is 4.25. The SMILES string of the molecule is CCN(CC)Cc1ccccc1NCc1c(C)n[nH]c1C. The molecule has 1 heterocycles. The molecular weight excluding hydrogens is 260 g/mol. The fraction of sp³-hybridized carbons (Fsp3) is 0.471. The van der Waals surface area contributed by atoms with Gasteiger partial charge < -0.3 is 5.32 Å². The Morgan fingerprint density at radius 3 is 2.48 bits per heavy atom. The number of aromatic amines is 1. The highest BCUT2D eigenvalue weighted by Gasteiger charge is 2.09. The lowest BCUT2D eigenvalue weighted by molar-refractivity contribution is 0.296. The molecule has 1 aromatic carbocycles. The summed E-state index contributed by atoms with van der Waals surface area (Å²) in [6.07, 6.45) is 0. The molecule has 0 atom stereocenters. The molecule has 1 aromatic heterocycles. The second-order valence-electron chi connectivity index (χ2n) is 5.38. The summed E-state index contributed by atoms with van der Waals surface area (Å²) in [5.41, 5.74) is 6.03. The Hall–Kier alpha value is -1.81. The smallest absolute Gasteiger partial charge is 0.0643 e. The van der Waals surface area contributed by atoms with Crippen LogP contribution in [0.25, 0.3) is 0 Å². The molecule has 0 saturated heterocycles. The molecule has 114 valence electrons. The first-order valence-electron chi connectivity index (χ1n) is 7.70. The van der Waals surface area contributed by atoms with Gasteiger partial charge in [0.25, 0.3) is 0 Å². The van der Waals surface area contributed by atoms with E-state index in [0.29, 0.717) is 0 Å². The second kappa shape index (κ2) is 7.27. The third-order valence-corrected chi connectivity index (χ3v) is 4.04. The van der Waals surface area contributed by atoms with Crippen molar-refractivity contribution < 1.29 is 0 Å². The predicted octanol–water partition coefficient (Wildman–Crippen LogP) is 3.48. The Morgan fingerprint density at radius 1 is 1.14 bits per heavy atom. The Bertz CT molecular complexity index is 550. The molecular formula is C17H26N4. The zero-order chi connectivity index (χ0) is 15.2. The molecule has 0 spiro atoms. The first-order chi connectivity index (χ1) is 10.2. The fourth-order valence-corrected chi connectivity index (χ4v) is 2.54. The zero-order valence-corrected chi connectivity index (χ0v) is 13.5. The van der Waals surface area contributed by atoms with Crippen LogP contribution in [0.4, 0.5) is 5.69 Å². The number of aromatic nitrogens is 2. The van der Waals surface area contributed by atoms with Crippen molar-refractivity contribution in [1.82, 2.24) is 15.1 Å². The molecule has 0 aliphatic carbocycles.